The van der Waals surface area contributed by atoms with Crippen molar-refractivity contribution in [3.8, 4) is 11.5 Å². The Morgan fingerprint density at radius 2 is 1.90 bits per heavy atom. The zero-order valence-electron chi connectivity index (χ0n) is 17.1. The van der Waals surface area contributed by atoms with Crippen molar-refractivity contribution < 1.29 is 13.5 Å². The lowest BCUT2D eigenvalue weighted by Crippen LogP contribution is -2.10. The van der Waals surface area contributed by atoms with Crippen LogP contribution in [0.15, 0.2) is 72.8 Å². The normalized spacial score (nSPS) is 12.3. The summed E-state index contributed by atoms with van der Waals surface area (Å²) in [7, 11) is 1.60. The summed E-state index contributed by atoms with van der Waals surface area (Å²) in [5.41, 5.74) is -0.317. The number of hydrogen-bond donors (Lipinski definition) is 1. The third-order valence-corrected chi connectivity index (χ3v) is 4.70. The molecule has 29 heavy (non-hydrogen) atoms. The molecule has 0 heterocycles. The van der Waals surface area contributed by atoms with Gasteiger partial charge in [-0.1, -0.05) is 63.4 Å². The van der Waals surface area contributed by atoms with Crippen LogP contribution in [0.1, 0.15) is 38.3 Å². The summed E-state index contributed by atoms with van der Waals surface area (Å²) in [6.07, 6.45) is 6.81. The number of rotatable bonds is 9. The van der Waals surface area contributed by atoms with Gasteiger partial charge in [-0.15, -0.1) is 0 Å². The van der Waals surface area contributed by atoms with Crippen molar-refractivity contribution in [2.24, 2.45) is 0 Å². The fraction of sp³-hybridized carbons (Fsp3) is 0.250. The Hall–Kier alpha value is -2.45. The molecule has 0 amide bonds. The van der Waals surface area contributed by atoms with E-state index in [0.29, 0.717) is 29.1 Å². The SMILES string of the molecule is C=C(C)c1cc(NCCC(/C=C\C)=C/C)c(Oc2ccccc2)c(C(F)(F)P)c1. The smallest absolute Gasteiger partial charge is 0.287 e. The molecule has 0 aliphatic heterocycles. The maximum Gasteiger partial charge on any atom is 0.287 e. The number of ether oxygens (including phenoxy) is 1. The average Bonchev–Trinajstić information content (AvgIpc) is 2.67. The molecule has 0 fully saturated rings. The first-order chi connectivity index (χ1) is 13.8. The molecular formula is C24H28F2NOP. The number of para-hydroxylation sites is 1. The molecule has 1 unspecified atom stereocenters. The van der Waals surface area contributed by atoms with Crippen molar-refractivity contribution >= 4 is 20.5 Å². The molecule has 2 aromatic rings. The molecule has 1 N–H and O–H groups in total. The maximum atomic E-state index is 14.5. The molecule has 0 radical (unpaired) electrons. The number of allylic oxidation sites excluding steroid dienone is 4. The van der Waals surface area contributed by atoms with E-state index >= 15 is 0 Å². The van der Waals surface area contributed by atoms with E-state index in [1.165, 1.54) is 6.07 Å². The number of hydrogen-bond acceptors (Lipinski definition) is 2. The summed E-state index contributed by atoms with van der Waals surface area (Å²) in [4.78, 5) is 0. The molecule has 154 valence electrons. The Morgan fingerprint density at radius 1 is 1.21 bits per heavy atom. The van der Waals surface area contributed by atoms with Gasteiger partial charge < -0.3 is 10.1 Å². The minimum Gasteiger partial charge on any atom is -0.455 e. The fourth-order valence-corrected chi connectivity index (χ4v) is 3.06. The van der Waals surface area contributed by atoms with E-state index in [9.17, 15) is 8.78 Å². The molecule has 0 saturated carbocycles. The molecule has 2 nitrogen and oxygen atoms in total. The van der Waals surface area contributed by atoms with Gasteiger partial charge in [0, 0.05) is 6.54 Å². The highest BCUT2D eigenvalue weighted by Gasteiger charge is 2.31. The van der Waals surface area contributed by atoms with E-state index in [4.69, 9.17) is 4.74 Å². The third kappa shape index (κ3) is 6.54. The molecule has 2 rings (SSSR count). The summed E-state index contributed by atoms with van der Waals surface area (Å²) in [5.74, 6) is 0.617. The Balaban J connectivity index is 2.47. The van der Waals surface area contributed by atoms with Gasteiger partial charge in [0.05, 0.1) is 11.3 Å². The van der Waals surface area contributed by atoms with Crippen molar-refractivity contribution in [2.75, 3.05) is 11.9 Å². The van der Waals surface area contributed by atoms with E-state index in [0.717, 1.165) is 12.0 Å². The van der Waals surface area contributed by atoms with Crippen LogP contribution in [0, 0.1) is 0 Å². The number of anilines is 1. The molecule has 0 spiro atoms. The highest BCUT2D eigenvalue weighted by Crippen LogP contribution is 2.46. The highest BCUT2D eigenvalue weighted by molar-refractivity contribution is 7.17. The first-order valence-electron chi connectivity index (χ1n) is 9.52. The van der Waals surface area contributed by atoms with Crippen molar-refractivity contribution in [3.63, 3.8) is 0 Å². The van der Waals surface area contributed by atoms with E-state index in [1.54, 1.807) is 40.4 Å². The summed E-state index contributed by atoms with van der Waals surface area (Å²) in [5, 5.41) is 3.28. The summed E-state index contributed by atoms with van der Waals surface area (Å²) >= 11 is 0. The van der Waals surface area contributed by atoms with Gasteiger partial charge in [-0.25, -0.2) is 0 Å². The van der Waals surface area contributed by atoms with Gasteiger partial charge in [0.15, 0.2) is 5.75 Å². The Labute approximate surface area is 174 Å². The fourth-order valence-electron chi connectivity index (χ4n) is 2.85. The summed E-state index contributed by atoms with van der Waals surface area (Å²) in [6.45, 7) is 10.2. The summed E-state index contributed by atoms with van der Waals surface area (Å²) < 4.78 is 34.8. The molecule has 0 bridgehead atoms. The van der Waals surface area contributed by atoms with Crippen molar-refractivity contribution in [1.82, 2.24) is 0 Å². The van der Waals surface area contributed by atoms with Crippen LogP contribution in [-0.4, -0.2) is 6.54 Å². The molecule has 2 aromatic carbocycles. The van der Waals surface area contributed by atoms with Gasteiger partial charge in [0.25, 0.3) is 5.66 Å². The van der Waals surface area contributed by atoms with E-state index in [1.807, 2.05) is 44.2 Å². The van der Waals surface area contributed by atoms with E-state index in [-0.39, 0.29) is 11.3 Å². The highest BCUT2D eigenvalue weighted by atomic mass is 31.0. The number of nitrogens with one attached hydrogen (secondary N) is 1. The second kappa shape index (κ2) is 10.4. The lowest BCUT2D eigenvalue weighted by molar-refractivity contribution is 0.101. The molecule has 5 heteroatoms. The molecule has 0 aliphatic rings. The average molecular weight is 415 g/mol. The quantitative estimate of drug-likeness (QED) is 0.334. The largest absolute Gasteiger partial charge is 0.455 e. The first-order valence-corrected chi connectivity index (χ1v) is 10.1. The van der Waals surface area contributed by atoms with Gasteiger partial charge in [0.1, 0.15) is 5.75 Å². The molecule has 0 aliphatic carbocycles. The van der Waals surface area contributed by atoms with Gasteiger partial charge in [-0.05, 0) is 57.0 Å². The Morgan fingerprint density at radius 3 is 2.45 bits per heavy atom. The van der Waals surface area contributed by atoms with Gasteiger partial charge in [-0.2, -0.15) is 8.78 Å². The van der Waals surface area contributed by atoms with Gasteiger partial charge in [0.2, 0.25) is 0 Å². The standard InChI is InChI=1S/C24H28F2NOP/c1-5-10-18(6-2)13-14-27-22-16-19(17(3)4)15-21(24(25,26)29)23(22)28-20-11-8-7-9-12-20/h5-12,15-16,27H,3,13-14,29H2,1-2,4H3/b10-5-,18-6+. The van der Waals surface area contributed by atoms with E-state index in [2.05, 4.69) is 11.9 Å². The second-order valence-corrected chi connectivity index (χ2v) is 7.48. The van der Waals surface area contributed by atoms with Crippen molar-refractivity contribution in [1.29, 1.82) is 0 Å². The monoisotopic (exact) mass is 415 g/mol. The number of halogens is 2. The van der Waals surface area contributed by atoms with Crippen molar-refractivity contribution in [2.45, 2.75) is 32.9 Å². The number of alkyl halides is 2. The molecule has 0 saturated heterocycles. The summed E-state index contributed by atoms with van der Waals surface area (Å²) in [6, 6.07) is 12.2. The van der Waals surface area contributed by atoms with Crippen molar-refractivity contribution in [3.05, 3.63) is 84.0 Å². The zero-order chi connectivity index (χ0) is 21.4. The zero-order valence-corrected chi connectivity index (χ0v) is 18.3. The second-order valence-electron chi connectivity index (χ2n) is 6.76. The lowest BCUT2D eigenvalue weighted by Gasteiger charge is -2.22. The van der Waals surface area contributed by atoms with Gasteiger partial charge >= 0.3 is 0 Å². The van der Waals surface area contributed by atoms with Crippen LogP contribution < -0.4 is 10.1 Å². The van der Waals surface area contributed by atoms with Crippen LogP contribution in [-0.2, 0) is 5.66 Å². The van der Waals surface area contributed by atoms with Crippen LogP contribution in [0.25, 0.3) is 5.57 Å². The topological polar surface area (TPSA) is 21.3 Å². The minimum absolute atomic E-state index is 0.120. The first kappa shape index (κ1) is 22.8. The molecule has 1 atom stereocenters. The minimum atomic E-state index is -3.15. The Bertz CT molecular complexity index is 899. The van der Waals surface area contributed by atoms with Crippen LogP contribution >= 0.6 is 9.24 Å². The van der Waals surface area contributed by atoms with Crippen LogP contribution in [0.2, 0.25) is 0 Å². The van der Waals surface area contributed by atoms with Gasteiger partial charge in [-0.3, -0.25) is 0 Å². The predicted octanol–water partition coefficient (Wildman–Crippen LogP) is 7.76. The predicted molar refractivity (Wildman–Crippen MR) is 123 cm³/mol. The third-order valence-electron chi connectivity index (χ3n) is 4.38. The Kier molecular flexibility index (Phi) is 8.16. The molecular weight excluding hydrogens is 387 g/mol. The maximum absolute atomic E-state index is 14.5. The van der Waals surface area contributed by atoms with Crippen LogP contribution in [0.4, 0.5) is 14.5 Å². The molecule has 0 aromatic heterocycles. The van der Waals surface area contributed by atoms with E-state index < -0.39 is 5.66 Å². The number of benzene rings is 2. The van der Waals surface area contributed by atoms with Crippen LogP contribution in [0.3, 0.4) is 0 Å². The lowest BCUT2D eigenvalue weighted by atomic mass is 10.0. The van der Waals surface area contributed by atoms with Crippen LogP contribution in [0.5, 0.6) is 11.5 Å².